The molecule has 6 nitrogen and oxygen atoms in total. The van der Waals surface area contributed by atoms with Gasteiger partial charge in [0.25, 0.3) is 5.91 Å². The third kappa shape index (κ3) is 4.78. The molecule has 142 valence electrons. The molecule has 1 aliphatic heterocycles. The molecule has 0 bridgehead atoms. The van der Waals surface area contributed by atoms with Gasteiger partial charge in [-0.25, -0.2) is 0 Å². The Morgan fingerprint density at radius 3 is 2.74 bits per heavy atom. The highest BCUT2D eigenvalue weighted by atomic mass is 16.5. The van der Waals surface area contributed by atoms with E-state index < -0.39 is 0 Å². The lowest BCUT2D eigenvalue weighted by atomic mass is 10.1. The normalized spacial score (nSPS) is 13.1. The largest absolute Gasteiger partial charge is 0.494 e. The zero-order chi connectivity index (χ0) is 19.2. The van der Waals surface area contributed by atoms with Crippen molar-refractivity contribution in [2.24, 2.45) is 5.92 Å². The van der Waals surface area contributed by atoms with Gasteiger partial charge in [-0.3, -0.25) is 9.59 Å². The van der Waals surface area contributed by atoms with Crippen LogP contribution in [-0.2, 0) is 9.59 Å². The van der Waals surface area contributed by atoms with Gasteiger partial charge in [-0.1, -0.05) is 32.0 Å². The summed E-state index contributed by atoms with van der Waals surface area (Å²) in [4.78, 5) is 26.0. The van der Waals surface area contributed by atoms with Crippen LogP contribution in [0.1, 0.15) is 20.3 Å². The maximum atomic E-state index is 12.3. The van der Waals surface area contributed by atoms with Crippen LogP contribution in [0.5, 0.6) is 11.5 Å². The van der Waals surface area contributed by atoms with E-state index in [9.17, 15) is 9.59 Å². The third-order valence-electron chi connectivity index (χ3n) is 4.23. The molecule has 27 heavy (non-hydrogen) atoms. The molecule has 0 saturated heterocycles. The van der Waals surface area contributed by atoms with E-state index in [4.69, 9.17) is 9.47 Å². The number of nitrogens with zero attached hydrogens (tertiary/aromatic N) is 1. The lowest BCUT2D eigenvalue weighted by Crippen LogP contribution is -2.39. The predicted molar refractivity (Wildman–Crippen MR) is 104 cm³/mol. The number of carbonyl (C=O) groups is 2. The molecular weight excluding hydrogens is 344 g/mol. The first kappa shape index (κ1) is 18.8. The average molecular weight is 368 g/mol. The minimum absolute atomic E-state index is 0.0181. The Hall–Kier alpha value is -3.02. The Labute approximate surface area is 159 Å². The van der Waals surface area contributed by atoms with Gasteiger partial charge in [0.1, 0.15) is 11.5 Å². The summed E-state index contributed by atoms with van der Waals surface area (Å²) in [5, 5.41) is 2.86. The number of benzene rings is 2. The minimum Gasteiger partial charge on any atom is -0.494 e. The average Bonchev–Trinajstić information content (AvgIpc) is 2.67. The van der Waals surface area contributed by atoms with Gasteiger partial charge in [0.15, 0.2) is 6.61 Å². The quantitative estimate of drug-likeness (QED) is 0.760. The van der Waals surface area contributed by atoms with Crippen LogP contribution in [0.4, 0.5) is 11.4 Å². The second-order valence-electron chi connectivity index (χ2n) is 6.68. The van der Waals surface area contributed by atoms with Crippen molar-refractivity contribution in [2.45, 2.75) is 20.3 Å². The molecule has 1 aliphatic rings. The number of ether oxygens (including phenoxy) is 2. The van der Waals surface area contributed by atoms with Gasteiger partial charge < -0.3 is 19.7 Å². The molecule has 0 spiro atoms. The molecule has 0 atom stereocenters. The van der Waals surface area contributed by atoms with Gasteiger partial charge in [-0.05, 0) is 36.8 Å². The summed E-state index contributed by atoms with van der Waals surface area (Å²) in [6.07, 6.45) is 0.683. The van der Waals surface area contributed by atoms with E-state index in [-0.39, 0.29) is 24.3 Å². The van der Waals surface area contributed by atoms with E-state index in [1.54, 1.807) is 23.1 Å². The van der Waals surface area contributed by atoms with Crippen molar-refractivity contribution in [1.29, 1.82) is 0 Å². The molecule has 6 heteroatoms. The summed E-state index contributed by atoms with van der Waals surface area (Å²) in [6.45, 7) is 4.71. The Bertz CT molecular complexity index is 805. The van der Waals surface area contributed by atoms with Crippen molar-refractivity contribution in [3.8, 4) is 11.5 Å². The number of amides is 2. The van der Waals surface area contributed by atoms with Gasteiger partial charge in [0.2, 0.25) is 5.91 Å². The van der Waals surface area contributed by atoms with Crippen LogP contribution in [0.15, 0.2) is 48.5 Å². The maximum absolute atomic E-state index is 12.3. The zero-order valence-electron chi connectivity index (χ0n) is 15.6. The van der Waals surface area contributed by atoms with Crippen molar-refractivity contribution >= 4 is 23.2 Å². The topological polar surface area (TPSA) is 67.9 Å². The highest BCUT2D eigenvalue weighted by molar-refractivity contribution is 5.99. The molecule has 0 radical (unpaired) electrons. The standard InChI is InChI=1S/C21H24N2O4/c1-15(2)21(25)22-16-9-10-19-18(13-16)23(20(24)14-27-19)11-6-12-26-17-7-4-3-5-8-17/h3-5,7-10,13,15H,6,11-12,14H2,1-2H3,(H,22,25). The van der Waals surface area contributed by atoms with E-state index in [1.807, 2.05) is 44.2 Å². The fraction of sp³-hybridized carbons (Fsp3) is 0.333. The maximum Gasteiger partial charge on any atom is 0.265 e. The Kier molecular flexibility index (Phi) is 5.96. The van der Waals surface area contributed by atoms with Crippen molar-refractivity contribution < 1.29 is 19.1 Å². The minimum atomic E-state index is -0.120. The highest BCUT2D eigenvalue weighted by Crippen LogP contribution is 2.34. The van der Waals surface area contributed by atoms with Crippen LogP contribution in [-0.4, -0.2) is 31.6 Å². The van der Waals surface area contributed by atoms with Crippen molar-refractivity contribution in [2.75, 3.05) is 30.0 Å². The molecule has 0 aliphatic carbocycles. The van der Waals surface area contributed by atoms with Gasteiger partial charge in [0.05, 0.1) is 12.3 Å². The predicted octanol–water partition coefficient (Wildman–Crippen LogP) is 3.48. The smallest absolute Gasteiger partial charge is 0.265 e. The number of hydrogen-bond donors (Lipinski definition) is 1. The first-order valence-corrected chi connectivity index (χ1v) is 9.10. The van der Waals surface area contributed by atoms with E-state index >= 15 is 0 Å². The van der Waals surface area contributed by atoms with Crippen molar-refractivity contribution in [3.63, 3.8) is 0 Å². The molecule has 1 heterocycles. The van der Waals surface area contributed by atoms with E-state index in [2.05, 4.69) is 5.32 Å². The molecular formula is C21H24N2O4. The fourth-order valence-electron chi connectivity index (χ4n) is 2.74. The third-order valence-corrected chi connectivity index (χ3v) is 4.23. The number of nitrogens with one attached hydrogen (secondary N) is 1. The first-order chi connectivity index (χ1) is 13.0. The van der Waals surface area contributed by atoms with Crippen LogP contribution >= 0.6 is 0 Å². The van der Waals surface area contributed by atoms with Crippen LogP contribution in [0.25, 0.3) is 0 Å². The van der Waals surface area contributed by atoms with Crippen molar-refractivity contribution in [1.82, 2.24) is 0 Å². The Morgan fingerprint density at radius 2 is 2.00 bits per heavy atom. The van der Waals surface area contributed by atoms with Gasteiger partial charge in [-0.2, -0.15) is 0 Å². The molecule has 3 rings (SSSR count). The number of fused-ring (bicyclic) bond motifs is 1. The molecule has 2 aromatic rings. The Balaban J connectivity index is 1.65. The molecule has 1 N–H and O–H groups in total. The van der Waals surface area contributed by atoms with E-state index in [0.717, 1.165) is 5.75 Å². The van der Waals surface area contributed by atoms with E-state index in [1.165, 1.54) is 0 Å². The van der Waals surface area contributed by atoms with E-state index in [0.29, 0.717) is 36.7 Å². The number of carbonyl (C=O) groups excluding carboxylic acids is 2. The lowest BCUT2D eigenvalue weighted by Gasteiger charge is -2.30. The number of para-hydroxylation sites is 1. The fourth-order valence-corrected chi connectivity index (χ4v) is 2.74. The number of anilines is 2. The van der Waals surface area contributed by atoms with Crippen molar-refractivity contribution in [3.05, 3.63) is 48.5 Å². The summed E-state index contributed by atoms with van der Waals surface area (Å²) in [5.74, 6) is 1.16. The second-order valence-corrected chi connectivity index (χ2v) is 6.68. The van der Waals surface area contributed by atoms with Gasteiger partial charge in [-0.15, -0.1) is 0 Å². The zero-order valence-corrected chi connectivity index (χ0v) is 15.6. The van der Waals surface area contributed by atoms with Crippen LogP contribution in [0, 0.1) is 5.92 Å². The molecule has 0 aromatic heterocycles. The number of rotatable bonds is 7. The molecule has 2 aromatic carbocycles. The van der Waals surface area contributed by atoms with Crippen LogP contribution in [0.2, 0.25) is 0 Å². The molecule has 0 saturated carbocycles. The lowest BCUT2D eigenvalue weighted by molar-refractivity contribution is -0.121. The molecule has 2 amide bonds. The van der Waals surface area contributed by atoms with Crippen LogP contribution in [0.3, 0.4) is 0 Å². The number of hydrogen-bond acceptors (Lipinski definition) is 4. The first-order valence-electron chi connectivity index (χ1n) is 9.10. The molecule has 0 unspecified atom stereocenters. The highest BCUT2D eigenvalue weighted by Gasteiger charge is 2.25. The van der Waals surface area contributed by atoms with Crippen LogP contribution < -0.4 is 19.7 Å². The summed E-state index contributed by atoms with van der Waals surface area (Å²) >= 11 is 0. The summed E-state index contributed by atoms with van der Waals surface area (Å²) in [7, 11) is 0. The van der Waals surface area contributed by atoms with Gasteiger partial charge in [0, 0.05) is 18.2 Å². The summed E-state index contributed by atoms with van der Waals surface area (Å²) in [5.41, 5.74) is 1.32. The molecule has 0 fully saturated rings. The van der Waals surface area contributed by atoms with Gasteiger partial charge >= 0.3 is 0 Å². The SMILES string of the molecule is CC(C)C(=O)Nc1ccc2c(c1)N(CCCOc1ccccc1)C(=O)CO2. The summed E-state index contributed by atoms with van der Waals surface area (Å²) in [6, 6.07) is 14.9. The second kappa shape index (κ2) is 8.58. The Morgan fingerprint density at radius 1 is 1.22 bits per heavy atom. The monoisotopic (exact) mass is 368 g/mol. The summed E-state index contributed by atoms with van der Waals surface area (Å²) < 4.78 is 11.2.